The molecule has 0 aliphatic rings. The molecule has 1 N–H and O–H groups in total. The van der Waals surface area contributed by atoms with Gasteiger partial charge in [0.25, 0.3) is 5.91 Å². The molecule has 0 aliphatic heterocycles. The Morgan fingerprint density at radius 3 is 2.47 bits per heavy atom. The van der Waals surface area contributed by atoms with Crippen LogP contribution < -0.4 is 14.9 Å². The molecule has 1 amide bonds. The Balaban J connectivity index is 2.47. The summed E-state index contributed by atoms with van der Waals surface area (Å²) in [6, 6.07) is 5.49. The van der Waals surface area contributed by atoms with E-state index in [2.05, 4.69) is 5.43 Å². The van der Waals surface area contributed by atoms with Gasteiger partial charge in [-0.3, -0.25) is 10.2 Å². The quantitative estimate of drug-likeness (QED) is 0.742. The van der Waals surface area contributed by atoms with Crippen molar-refractivity contribution in [2.45, 2.75) is 6.61 Å². The Morgan fingerprint density at radius 1 is 1.21 bits per heavy atom. The molecule has 0 aromatic heterocycles. The molecule has 0 saturated carbocycles. The Kier molecular flexibility index (Phi) is 6.11. The topological polar surface area (TPSA) is 60.0 Å². The Hall–Kier alpha value is -1.79. The molecule has 0 spiro atoms. The van der Waals surface area contributed by atoms with E-state index in [-0.39, 0.29) is 12.5 Å². The molecule has 6 nitrogen and oxygen atoms in total. The van der Waals surface area contributed by atoms with Crippen molar-refractivity contribution < 1.29 is 19.0 Å². The van der Waals surface area contributed by atoms with Crippen molar-refractivity contribution in [3.8, 4) is 11.5 Å². The molecule has 1 rings (SSSR count). The number of hydrogen-bond acceptors (Lipinski definition) is 5. The lowest BCUT2D eigenvalue weighted by Crippen LogP contribution is -2.38. The van der Waals surface area contributed by atoms with Crippen LogP contribution in [0.5, 0.6) is 11.5 Å². The lowest BCUT2D eigenvalue weighted by molar-refractivity contribution is -0.129. The van der Waals surface area contributed by atoms with Gasteiger partial charge in [-0.15, -0.1) is 0 Å². The zero-order valence-electron chi connectivity index (χ0n) is 11.7. The maximum Gasteiger partial charge on any atom is 0.260 e. The second-order valence-corrected chi connectivity index (χ2v) is 4.11. The number of rotatable bonds is 7. The number of nitrogens with one attached hydrogen (secondary N) is 1. The monoisotopic (exact) mass is 268 g/mol. The predicted octanol–water partition coefficient (Wildman–Crippen LogP) is 0.813. The van der Waals surface area contributed by atoms with Crippen molar-refractivity contribution in [3.63, 3.8) is 0 Å². The van der Waals surface area contributed by atoms with Gasteiger partial charge in [0.15, 0.2) is 11.5 Å². The number of ether oxygens (including phenoxy) is 3. The molecule has 0 fully saturated rings. The summed E-state index contributed by atoms with van der Waals surface area (Å²) >= 11 is 0. The fourth-order valence-electron chi connectivity index (χ4n) is 1.51. The maximum absolute atomic E-state index is 11.3. The molecule has 1 aromatic rings. The first-order valence-corrected chi connectivity index (χ1v) is 5.82. The highest BCUT2D eigenvalue weighted by molar-refractivity contribution is 5.76. The number of carbonyl (C=O) groups is 1. The summed E-state index contributed by atoms with van der Waals surface area (Å²) in [4.78, 5) is 11.3. The molecule has 0 radical (unpaired) electrons. The third-order valence-electron chi connectivity index (χ3n) is 2.30. The van der Waals surface area contributed by atoms with Gasteiger partial charge in [0.1, 0.15) is 6.61 Å². The third kappa shape index (κ3) is 5.15. The van der Waals surface area contributed by atoms with Gasteiger partial charge in [0, 0.05) is 14.1 Å². The molecule has 0 heterocycles. The number of nitrogens with zero attached hydrogens (tertiary/aromatic N) is 1. The molecule has 0 saturated heterocycles. The van der Waals surface area contributed by atoms with Gasteiger partial charge in [-0.25, -0.2) is 5.01 Å². The first-order valence-electron chi connectivity index (χ1n) is 5.82. The van der Waals surface area contributed by atoms with E-state index in [1.807, 2.05) is 12.1 Å². The zero-order valence-corrected chi connectivity index (χ0v) is 11.7. The van der Waals surface area contributed by atoms with E-state index in [1.54, 1.807) is 39.4 Å². The number of carbonyl (C=O) groups excluding carboxylic acids is 1. The number of amides is 1. The minimum Gasteiger partial charge on any atom is -0.493 e. The van der Waals surface area contributed by atoms with Crippen LogP contribution in [-0.2, 0) is 16.1 Å². The highest BCUT2D eigenvalue weighted by atomic mass is 16.5. The SMILES string of the molecule is COc1ccc(COCC(=O)NN(C)C)cc1OC. The Labute approximate surface area is 113 Å². The maximum atomic E-state index is 11.3. The summed E-state index contributed by atoms with van der Waals surface area (Å²) in [6.45, 7) is 0.341. The number of hydrogen-bond donors (Lipinski definition) is 1. The molecule has 19 heavy (non-hydrogen) atoms. The van der Waals surface area contributed by atoms with Crippen LogP contribution in [-0.4, -0.2) is 45.8 Å². The number of methoxy groups -OCH3 is 2. The summed E-state index contributed by atoms with van der Waals surface area (Å²) in [5.41, 5.74) is 3.51. The summed E-state index contributed by atoms with van der Waals surface area (Å²) in [7, 11) is 6.64. The molecule has 0 unspecified atom stereocenters. The van der Waals surface area contributed by atoms with Crippen LogP contribution in [0.2, 0.25) is 0 Å². The first kappa shape index (κ1) is 15.3. The number of hydrazine groups is 1. The molecule has 6 heteroatoms. The highest BCUT2D eigenvalue weighted by Crippen LogP contribution is 2.27. The average molecular weight is 268 g/mol. The smallest absolute Gasteiger partial charge is 0.260 e. The van der Waals surface area contributed by atoms with E-state index in [9.17, 15) is 4.79 Å². The van der Waals surface area contributed by atoms with E-state index in [4.69, 9.17) is 14.2 Å². The second kappa shape index (κ2) is 7.60. The van der Waals surface area contributed by atoms with Crippen molar-refractivity contribution in [2.75, 3.05) is 34.9 Å². The summed E-state index contributed by atoms with van der Waals surface area (Å²) in [5.74, 6) is 1.11. The van der Waals surface area contributed by atoms with Crippen molar-refractivity contribution in [3.05, 3.63) is 23.8 Å². The Bertz CT molecular complexity index is 421. The van der Waals surface area contributed by atoms with E-state index in [0.29, 0.717) is 18.1 Å². The zero-order chi connectivity index (χ0) is 14.3. The highest BCUT2D eigenvalue weighted by Gasteiger charge is 2.06. The minimum absolute atomic E-state index is 0.00647. The van der Waals surface area contributed by atoms with E-state index in [1.165, 1.54) is 0 Å². The van der Waals surface area contributed by atoms with Crippen molar-refractivity contribution in [1.29, 1.82) is 0 Å². The molecular formula is C13H20N2O4. The fraction of sp³-hybridized carbons (Fsp3) is 0.462. The van der Waals surface area contributed by atoms with Gasteiger partial charge in [-0.2, -0.15) is 0 Å². The van der Waals surface area contributed by atoms with Crippen LogP contribution in [0.4, 0.5) is 0 Å². The third-order valence-corrected chi connectivity index (χ3v) is 2.30. The van der Waals surface area contributed by atoms with Gasteiger partial charge in [0.05, 0.1) is 20.8 Å². The molecule has 0 atom stereocenters. The molecule has 0 bridgehead atoms. The summed E-state index contributed by atoms with van der Waals surface area (Å²) in [5, 5.41) is 1.57. The average Bonchev–Trinajstić information content (AvgIpc) is 2.37. The van der Waals surface area contributed by atoms with Gasteiger partial charge >= 0.3 is 0 Å². The van der Waals surface area contributed by atoms with Crippen molar-refractivity contribution in [2.24, 2.45) is 0 Å². The van der Waals surface area contributed by atoms with Crippen LogP contribution in [0, 0.1) is 0 Å². The van der Waals surface area contributed by atoms with E-state index >= 15 is 0 Å². The molecule has 0 aliphatic carbocycles. The standard InChI is InChI=1S/C13H20N2O4/c1-15(2)14-13(16)9-19-8-10-5-6-11(17-3)12(7-10)18-4/h5-7H,8-9H2,1-4H3,(H,14,16). The normalized spacial score (nSPS) is 10.4. The van der Waals surface area contributed by atoms with E-state index in [0.717, 1.165) is 5.56 Å². The minimum atomic E-state index is -0.189. The summed E-state index contributed by atoms with van der Waals surface area (Å²) < 4.78 is 15.7. The molecule has 1 aromatic carbocycles. The predicted molar refractivity (Wildman–Crippen MR) is 71.0 cm³/mol. The summed E-state index contributed by atoms with van der Waals surface area (Å²) in [6.07, 6.45) is 0. The van der Waals surface area contributed by atoms with Crippen LogP contribution in [0.15, 0.2) is 18.2 Å². The molecular weight excluding hydrogens is 248 g/mol. The largest absolute Gasteiger partial charge is 0.493 e. The van der Waals surface area contributed by atoms with Crippen molar-refractivity contribution >= 4 is 5.91 Å². The lowest BCUT2D eigenvalue weighted by atomic mass is 10.2. The lowest BCUT2D eigenvalue weighted by Gasteiger charge is -2.12. The van der Waals surface area contributed by atoms with Crippen LogP contribution in [0.3, 0.4) is 0 Å². The van der Waals surface area contributed by atoms with Crippen molar-refractivity contribution in [1.82, 2.24) is 10.4 Å². The Morgan fingerprint density at radius 2 is 1.89 bits per heavy atom. The van der Waals surface area contributed by atoms with Crippen LogP contribution in [0.1, 0.15) is 5.56 Å². The van der Waals surface area contributed by atoms with Crippen LogP contribution in [0.25, 0.3) is 0 Å². The van der Waals surface area contributed by atoms with E-state index < -0.39 is 0 Å². The van der Waals surface area contributed by atoms with Gasteiger partial charge in [-0.05, 0) is 17.7 Å². The van der Waals surface area contributed by atoms with Gasteiger partial charge in [-0.1, -0.05) is 6.07 Å². The first-order chi connectivity index (χ1) is 9.06. The van der Waals surface area contributed by atoms with Crippen LogP contribution >= 0.6 is 0 Å². The number of benzene rings is 1. The van der Waals surface area contributed by atoms with Gasteiger partial charge < -0.3 is 14.2 Å². The second-order valence-electron chi connectivity index (χ2n) is 4.11. The molecule has 106 valence electrons. The fourth-order valence-corrected chi connectivity index (χ4v) is 1.51. The van der Waals surface area contributed by atoms with Gasteiger partial charge in [0.2, 0.25) is 0 Å².